The van der Waals surface area contributed by atoms with Crippen molar-refractivity contribution < 1.29 is 5.11 Å². The molecule has 1 atom stereocenters. The van der Waals surface area contributed by atoms with Gasteiger partial charge in [0.05, 0.1) is 10.6 Å². The average molecular weight is 225 g/mol. The van der Waals surface area contributed by atoms with Gasteiger partial charge < -0.3 is 10.8 Å². The first-order valence-electron chi connectivity index (χ1n) is 5.06. The fraction of sp³-hybridized carbons (Fsp3) is 0.600. The summed E-state index contributed by atoms with van der Waals surface area (Å²) in [6.45, 7) is 0.329. The molecule has 0 spiro atoms. The van der Waals surface area contributed by atoms with Gasteiger partial charge in [0.25, 0.3) is 0 Å². The Morgan fingerprint density at radius 2 is 2.40 bits per heavy atom. The van der Waals surface area contributed by atoms with Gasteiger partial charge in [-0.1, -0.05) is 0 Å². The molecule has 4 nitrogen and oxygen atoms in total. The second-order valence-corrected chi connectivity index (χ2v) is 4.91. The number of aliphatic hydroxyl groups is 1. The maximum absolute atomic E-state index is 10.2. The smallest absolute Gasteiger partial charge is 0.116 e. The van der Waals surface area contributed by atoms with E-state index in [0.717, 1.165) is 17.9 Å². The Labute approximate surface area is 93.3 Å². The van der Waals surface area contributed by atoms with Crippen LogP contribution in [-0.4, -0.2) is 33.0 Å². The van der Waals surface area contributed by atoms with Crippen molar-refractivity contribution >= 4 is 11.8 Å². The molecule has 0 saturated heterocycles. The lowest BCUT2D eigenvalue weighted by Gasteiger charge is -2.25. The van der Waals surface area contributed by atoms with E-state index in [1.807, 2.05) is 6.07 Å². The molecule has 1 aromatic rings. The Balaban J connectivity index is 1.91. The van der Waals surface area contributed by atoms with E-state index in [2.05, 4.69) is 9.97 Å². The van der Waals surface area contributed by atoms with E-state index in [-0.39, 0.29) is 0 Å². The van der Waals surface area contributed by atoms with Crippen LogP contribution in [0, 0.1) is 5.92 Å². The molecule has 0 bridgehead atoms. The Morgan fingerprint density at radius 1 is 1.60 bits per heavy atom. The van der Waals surface area contributed by atoms with Crippen LogP contribution in [0.25, 0.3) is 0 Å². The van der Waals surface area contributed by atoms with E-state index in [4.69, 9.17) is 5.73 Å². The van der Waals surface area contributed by atoms with Crippen LogP contribution >= 0.6 is 11.8 Å². The minimum Gasteiger partial charge on any atom is -0.387 e. The third kappa shape index (κ3) is 2.68. The Bertz CT molecular complexity index is 318. The summed E-state index contributed by atoms with van der Waals surface area (Å²) in [7, 11) is 0. The number of nitrogens with zero attached hydrogens (tertiary/aromatic N) is 2. The number of hydrogen-bond acceptors (Lipinski definition) is 5. The van der Waals surface area contributed by atoms with Gasteiger partial charge in [0, 0.05) is 18.5 Å². The van der Waals surface area contributed by atoms with E-state index >= 15 is 0 Å². The first-order chi connectivity index (χ1) is 7.24. The highest BCUT2D eigenvalue weighted by Crippen LogP contribution is 2.41. The predicted octanol–water partition coefficient (Wildman–Crippen LogP) is 0.669. The van der Waals surface area contributed by atoms with Gasteiger partial charge in [-0.2, -0.15) is 0 Å². The molecular weight excluding hydrogens is 210 g/mol. The molecule has 5 heteroatoms. The van der Waals surface area contributed by atoms with E-state index in [1.165, 1.54) is 18.1 Å². The summed E-state index contributed by atoms with van der Waals surface area (Å²) in [5.74, 6) is 1.00. The Morgan fingerprint density at radius 3 is 2.93 bits per heavy atom. The normalized spacial score (nSPS) is 19.9. The van der Waals surface area contributed by atoms with Crippen molar-refractivity contribution in [2.45, 2.75) is 23.5 Å². The number of hydrogen-bond donors (Lipinski definition) is 2. The molecule has 3 N–H and O–H groups in total. The second-order valence-electron chi connectivity index (χ2n) is 3.92. The minimum atomic E-state index is -0.713. The average Bonchev–Trinajstić information content (AvgIpc) is 3.11. The van der Waals surface area contributed by atoms with E-state index in [0.29, 0.717) is 18.2 Å². The molecular formula is C10H15N3OS. The molecule has 0 aromatic carbocycles. The van der Waals surface area contributed by atoms with Crippen LogP contribution in [0.15, 0.2) is 23.6 Å². The Hall–Kier alpha value is -0.650. The van der Waals surface area contributed by atoms with Crippen LogP contribution in [0.4, 0.5) is 0 Å². The molecule has 1 aliphatic carbocycles. The van der Waals surface area contributed by atoms with Crippen molar-refractivity contribution in [1.29, 1.82) is 0 Å². The van der Waals surface area contributed by atoms with Crippen LogP contribution in [0.2, 0.25) is 0 Å². The SMILES string of the molecule is NCC(O)(CSc1ccncn1)C1CC1. The molecule has 1 fully saturated rings. The van der Waals surface area contributed by atoms with Crippen molar-refractivity contribution in [2.24, 2.45) is 11.7 Å². The molecule has 1 aliphatic rings. The third-order valence-corrected chi connectivity index (χ3v) is 3.90. The summed E-state index contributed by atoms with van der Waals surface area (Å²) >= 11 is 1.54. The molecule has 1 aromatic heterocycles. The fourth-order valence-electron chi connectivity index (χ4n) is 1.53. The van der Waals surface area contributed by atoms with Crippen LogP contribution in [0.5, 0.6) is 0 Å². The molecule has 2 rings (SSSR count). The molecule has 82 valence electrons. The maximum atomic E-state index is 10.2. The summed E-state index contributed by atoms with van der Waals surface area (Å²) in [4.78, 5) is 7.94. The molecule has 0 amide bonds. The van der Waals surface area contributed by atoms with Gasteiger partial charge in [-0.3, -0.25) is 0 Å². The quantitative estimate of drug-likeness (QED) is 0.569. The molecule has 1 saturated carbocycles. The summed E-state index contributed by atoms with van der Waals surface area (Å²) < 4.78 is 0. The first-order valence-corrected chi connectivity index (χ1v) is 6.04. The molecule has 1 heterocycles. The van der Waals surface area contributed by atoms with Gasteiger partial charge in [0.2, 0.25) is 0 Å². The number of rotatable bonds is 5. The van der Waals surface area contributed by atoms with Crippen molar-refractivity contribution in [3.05, 3.63) is 18.6 Å². The van der Waals surface area contributed by atoms with Crippen LogP contribution in [0.3, 0.4) is 0 Å². The highest BCUT2D eigenvalue weighted by molar-refractivity contribution is 7.99. The highest BCUT2D eigenvalue weighted by Gasteiger charge is 2.42. The number of thioether (sulfide) groups is 1. The maximum Gasteiger partial charge on any atom is 0.116 e. The minimum absolute atomic E-state index is 0.329. The molecule has 15 heavy (non-hydrogen) atoms. The third-order valence-electron chi connectivity index (χ3n) is 2.72. The van der Waals surface area contributed by atoms with Crippen LogP contribution in [-0.2, 0) is 0 Å². The zero-order valence-electron chi connectivity index (χ0n) is 8.47. The van der Waals surface area contributed by atoms with Gasteiger partial charge in [0.1, 0.15) is 6.33 Å². The van der Waals surface area contributed by atoms with E-state index < -0.39 is 5.60 Å². The summed E-state index contributed by atoms with van der Waals surface area (Å²) in [6, 6.07) is 1.84. The van der Waals surface area contributed by atoms with Crippen molar-refractivity contribution in [3.8, 4) is 0 Å². The van der Waals surface area contributed by atoms with E-state index in [1.54, 1.807) is 6.20 Å². The van der Waals surface area contributed by atoms with Crippen molar-refractivity contribution in [3.63, 3.8) is 0 Å². The topological polar surface area (TPSA) is 72.0 Å². The fourth-order valence-corrected chi connectivity index (χ4v) is 2.56. The van der Waals surface area contributed by atoms with Crippen molar-refractivity contribution in [1.82, 2.24) is 9.97 Å². The molecule has 1 unspecified atom stereocenters. The van der Waals surface area contributed by atoms with Crippen LogP contribution in [0.1, 0.15) is 12.8 Å². The van der Waals surface area contributed by atoms with Crippen LogP contribution < -0.4 is 5.73 Å². The summed E-state index contributed by atoms with van der Waals surface area (Å²) in [5.41, 5.74) is 4.90. The Kier molecular flexibility index (Phi) is 3.23. The summed E-state index contributed by atoms with van der Waals surface area (Å²) in [5, 5.41) is 11.1. The molecule has 0 radical (unpaired) electrons. The lowest BCUT2D eigenvalue weighted by atomic mass is 10.0. The van der Waals surface area contributed by atoms with Gasteiger partial charge in [-0.05, 0) is 24.8 Å². The zero-order valence-corrected chi connectivity index (χ0v) is 9.28. The lowest BCUT2D eigenvalue weighted by Crippen LogP contribution is -2.42. The van der Waals surface area contributed by atoms with Gasteiger partial charge in [0.15, 0.2) is 0 Å². The number of aromatic nitrogens is 2. The van der Waals surface area contributed by atoms with E-state index in [9.17, 15) is 5.11 Å². The summed E-state index contributed by atoms with van der Waals surface area (Å²) in [6.07, 6.45) is 5.41. The van der Waals surface area contributed by atoms with Gasteiger partial charge in [-0.15, -0.1) is 11.8 Å². The zero-order chi connectivity index (χ0) is 10.7. The van der Waals surface area contributed by atoms with Gasteiger partial charge >= 0.3 is 0 Å². The first kappa shape index (κ1) is 10.9. The second kappa shape index (κ2) is 4.47. The predicted molar refractivity (Wildman–Crippen MR) is 59.5 cm³/mol. The lowest BCUT2D eigenvalue weighted by molar-refractivity contribution is 0.0510. The highest BCUT2D eigenvalue weighted by atomic mass is 32.2. The van der Waals surface area contributed by atoms with Gasteiger partial charge in [-0.25, -0.2) is 9.97 Å². The molecule has 0 aliphatic heterocycles. The number of nitrogens with two attached hydrogens (primary N) is 1. The standard InChI is InChI=1S/C10H15N3OS/c11-5-10(14,8-1-2-8)6-15-9-3-4-12-7-13-9/h3-4,7-8,14H,1-2,5-6,11H2. The van der Waals surface area contributed by atoms with Crippen molar-refractivity contribution in [2.75, 3.05) is 12.3 Å². The largest absolute Gasteiger partial charge is 0.387 e. The monoisotopic (exact) mass is 225 g/mol.